The van der Waals surface area contributed by atoms with E-state index in [2.05, 4.69) is 10.3 Å². The average Bonchev–Trinajstić information content (AvgIpc) is 3.32. The minimum Gasteiger partial charge on any atom is -0.356 e. The first-order valence-corrected chi connectivity index (χ1v) is 9.65. The number of hydrogen-bond acceptors (Lipinski definition) is 4. The number of rotatable bonds is 3. The molecule has 1 aromatic heterocycles. The largest absolute Gasteiger partial charge is 0.433 e. The van der Waals surface area contributed by atoms with Crippen LogP contribution < -0.4 is 16.0 Å². The molecular weight excluding hydrogens is 357 g/mol. The van der Waals surface area contributed by atoms with Crippen molar-refractivity contribution in [2.75, 3.05) is 18.0 Å². The third-order valence-electron chi connectivity index (χ3n) is 6.47. The van der Waals surface area contributed by atoms with Gasteiger partial charge in [-0.05, 0) is 43.7 Å². The minimum atomic E-state index is -4.45. The van der Waals surface area contributed by atoms with Crippen LogP contribution in [0.15, 0.2) is 18.2 Å². The lowest BCUT2D eigenvalue weighted by Gasteiger charge is -2.28. The summed E-state index contributed by atoms with van der Waals surface area (Å²) in [5, 5.41) is 3.15. The zero-order valence-electron chi connectivity index (χ0n) is 15.1. The van der Waals surface area contributed by atoms with Gasteiger partial charge in [0.15, 0.2) is 0 Å². The molecule has 0 radical (unpaired) electrons. The van der Waals surface area contributed by atoms with Crippen LogP contribution in [0.4, 0.5) is 19.0 Å². The minimum absolute atomic E-state index is 0.0410. The highest BCUT2D eigenvalue weighted by Crippen LogP contribution is 2.40. The molecule has 2 heterocycles. The molecule has 3 N–H and O–H groups in total. The molecule has 8 heteroatoms. The zero-order valence-corrected chi connectivity index (χ0v) is 15.1. The Labute approximate surface area is 156 Å². The van der Waals surface area contributed by atoms with Crippen LogP contribution in [-0.4, -0.2) is 35.6 Å². The number of amides is 1. The van der Waals surface area contributed by atoms with Crippen LogP contribution in [0.5, 0.6) is 0 Å². The maximum absolute atomic E-state index is 12.9. The predicted octanol–water partition coefficient (Wildman–Crippen LogP) is 2.70. The Morgan fingerprint density at radius 1 is 1.22 bits per heavy atom. The first-order valence-electron chi connectivity index (χ1n) is 9.65. The van der Waals surface area contributed by atoms with Crippen LogP contribution >= 0.6 is 0 Å². The Morgan fingerprint density at radius 3 is 2.67 bits per heavy atom. The van der Waals surface area contributed by atoms with Crippen molar-refractivity contribution in [3.8, 4) is 0 Å². The van der Waals surface area contributed by atoms with Crippen molar-refractivity contribution in [3.63, 3.8) is 0 Å². The van der Waals surface area contributed by atoms with Gasteiger partial charge in [-0.25, -0.2) is 4.98 Å². The van der Waals surface area contributed by atoms with Crippen molar-refractivity contribution in [2.24, 2.45) is 17.6 Å². The molecule has 3 atom stereocenters. The smallest absolute Gasteiger partial charge is 0.356 e. The summed E-state index contributed by atoms with van der Waals surface area (Å²) in [7, 11) is 0. The molecule has 1 saturated heterocycles. The number of carbonyl (C=O) groups excluding carboxylic acids is 1. The summed E-state index contributed by atoms with van der Waals surface area (Å²) in [5.74, 6) is 0.885. The second-order valence-corrected chi connectivity index (χ2v) is 8.23. The lowest BCUT2D eigenvalue weighted by atomic mass is 9.94. The van der Waals surface area contributed by atoms with E-state index in [0.29, 0.717) is 24.8 Å². The summed E-state index contributed by atoms with van der Waals surface area (Å²) in [6, 6.07) is 4.05. The molecule has 0 spiro atoms. The SMILES string of the molecule is NC1(C(=O)N[C@H]2CC[C@@H]3CN(c4cccc(C(F)(F)F)n4)C[C@@H]32)CCCC1. The number of hydrogen-bond donors (Lipinski definition) is 2. The molecule has 3 aliphatic rings. The van der Waals surface area contributed by atoms with Crippen LogP contribution in [0, 0.1) is 11.8 Å². The molecule has 1 amide bonds. The molecule has 0 unspecified atom stereocenters. The number of aromatic nitrogens is 1. The third-order valence-corrected chi connectivity index (χ3v) is 6.47. The van der Waals surface area contributed by atoms with Crippen molar-refractivity contribution < 1.29 is 18.0 Å². The molecule has 2 saturated carbocycles. The Bertz CT molecular complexity index is 717. The van der Waals surface area contributed by atoms with E-state index < -0.39 is 17.4 Å². The van der Waals surface area contributed by atoms with Crippen LogP contribution in [0.2, 0.25) is 0 Å². The first-order chi connectivity index (χ1) is 12.8. The zero-order chi connectivity index (χ0) is 19.2. The van der Waals surface area contributed by atoms with Gasteiger partial charge in [0.2, 0.25) is 5.91 Å². The van der Waals surface area contributed by atoms with E-state index in [1.807, 2.05) is 4.90 Å². The molecule has 4 rings (SSSR count). The Morgan fingerprint density at radius 2 is 1.96 bits per heavy atom. The van der Waals surface area contributed by atoms with Gasteiger partial charge in [-0.2, -0.15) is 13.2 Å². The maximum Gasteiger partial charge on any atom is 0.433 e. The summed E-state index contributed by atoms with van der Waals surface area (Å²) in [4.78, 5) is 18.4. The van der Waals surface area contributed by atoms with Gasteiger partial charge < -0.3 is 16.0 Å². The molecule has 3 fully saturated rings. The van der Waals surface area contributed by atoms with Gasteiger partial charge in [-0.3, -0.25) is 4.79 Å². The highest BCUT2D eigenvalue weighted by Gasteiger charge is 2.46. The number of anilines is 1. The average molecular weight is 382 g/mol. The van der Waals surface area contributed by atoms with Crippen LogP contribution in [-0.2, 0) is 11.0 Å². The van der Waals surface area contributed by atoms with E-state index in [-0.39, 0.29) is 17.9 Å². The van der Waals surface area contributed by atoms with Crippen LogP contribution in [0.3, 0.4) is 0 Å². The van der Waals surface area contributed by atoms with Gasteiger partial charge >= 0.3 is 6.18 Å². The summed E-state index contributed by atoms with van der Waals surface area (Å²) < 4.78 is 38.8. The molecule has 0 bridgehead atoms. The number of nitrogens with zero attached hydrogens (tertiary/aromatic N) is 2. The number of carbonyl (C=O) groups is 1. The van der Waals surface area contributed by atoms with Crippen LogP contribution in [0.1, 0.15) is 44.2 Å². The number of nitrogens with two attached hydrogens (primary N) is 1. The summed E-state index contributed by atoms with van der Waals surface area (Å²) in [6.45, 7) is 1.29. The quantitative estimate of drug-likeness (QED) is 0.843. The van der Waals surface area contributed by atoms with Crippen molar-refractivity contribution in [1.29, 1.82) is 0 Å². The Balaban J connectivity index is 1.43. The van der Waals surface area contributed by atoms with E-state index in [1.54, 1.807) is 6.07 Å². The second-order valence-electron chi connectivity index (χ2n) is 8.23. The predicted molar refractivity (Wildman–Crippen MR) is 95.0 cm³/mol. The topological polar surface area (TPSA) is 71.2 Å². The highest BCUT2D eigenvalue weighted by molar-refractivity contribution is 5.86. The number of pyridine rings is 1. The first kappa shape index (κ1) is 18.5. The summed E-state index contributed by atoms with van der Waals surface area (Å²) in [5.41, 5.74) is 4.64. The molecule has 148 valence electrons. The van der Waals surface area contributed by atoms with E-state index in [0.717, 1.165) is 44.6 Å². The molecule has 1 aliphatic heterocycles. The lowest BCUT2D eigenvalue weighted by molar-refractivity contribution is -0.141. The Kier molecular flexibility index (Phi) is 4.56. The number of nitrogens with one attached hydrogen (secondary N) is 1. The molecular formula is C19H25F3N4O. The van der Waals surface area contributed by atoms with Crippen molar-refractivity contribution in [3.05, 3.63) is 23.9 Å². The third kappa shape index (κ3) is 3.51. The van der Waals surface area contributed by atoms with E-state index in [1.165, 1.54) is 6.07 Å². The molecule has 0 aromatic carbocycles. The van der Waals surface area contributed by atoms with Gasteiger partial charge in [0.25, 0.3) is 0 Å². The standard InChI is InChI=1S/C19H25F3N4O/c20-19(21,22)15-4-3-5-16(25-15)26-10-12-6-7-14(13(12)11-26)24-17(27)18(23)8-1-2-9-18/h3-5,12-14H,1-2,6-11,23H2,(H,24,27)/t12-,13+,14+/m1/s1. The van der Waals surface area contributed by atoms with E-state index in [4.69, 9.17) is 5.73 Å². The van der Waals surface area contributed by atoms with Crippen molar-refractivity contribution in [2.45, 2.75) is 56.3 Å². The molecule has 5 nitrogen and oxygen atoms in total. The van der Waals surface area contributed by atoms with Gasteiger partial charge in [-0.15, -0.1) is 0 Å². The number of fused-ring (bicyclic) bond motifs is 1. The summed E-state index contributed by atoms with van der Waals surface area (Å²) >= 11 is 0. The maximum atomic E-state index is 12.9. The number of halogens is 3. The van der Waals surface area contributed by atoms with Crippen molar-refractivity contribution >= 4 is 11.7 Å². The van der Waals surface area contributed by atoms with Gasteiger partial charge in [0.05, 0.1) is 5.54 Å². The van der Waals surface area contributed by atoms with E-state index in [9.17, 15) is 18.0 Å². The molecule has 27 heavy (non-hydrogen) atoms. The molecule has 2 aliphatic carbocycles. The summed E-state index contributed by atoms with van der Waals surface area (Å²) in [6.07, 6.45) is 0.827. The normalized spacial score (nSPS) is 29.8. The van der Waals surface area contributed by atoms with Crippen molar-refractivity contribution in [1.82, 2.24) is 10.3 Å². The monoisotopic (exact) mass is 382 g/mol. The fourth-order valence-electron chi connectivity index (χ4n) is 4.93. The number of alkyl halides is 3. The highest BCUT2D eigenvalue weighted by atomic mass is 19.4. The lowest BCUT2D eigenvalue weighted by Crippen LogP contribution is -2.55. The van der Waals surface area contributed by atoms with Gasteiger partial charge in [0.1, 0.15) is 11.5 Å². The van der Waals surface area contributed by atoms with Gasteiger partial charge in [-0.1, -0.05) is 18.9 Å². The van der Waals surface area contributed by atoms with E-state index >= 15 is 0 Å². The second kappa shape index (κ2) is 6.65. The Hall–Kier alpha value is -1.83. The fourth-order valence-corrected chi connectivity index (χ4v) is 4.93. The van der Waals surface area contributed by atoms with Crippen LogP contribution in [0.25, 0.3) is 0 Å². The molecule has 1 aromatic rings. The fraction of sp³-hybridized carbons (Fsp3) is 0.684. The van der Waals surface area contributed by atoms with Gasteiger partial charge in [0, 0.05) is 25.0 Å².